The highest BCUT2D eigenvalue weighted by molar-refractivity contribution is 5.83. The van der Waals surface area contributed by atoms with E-state index in [-0.39, 0.29) is 57.5 Å². The van der Waals surface area contributed by atoms with Gasteiger partial charge in [0, 0.05) is 38.5 Å². The SMILES string of the molecule is CC(C)(C)OC(=O)C(CCC(=O)N1CCN(C(=O)O)CC1)NC(=O)OCC1c2ccccc2-c2ccccc21. The van der Waals surface area contributed by atoms with Crippen molar-refractivity contribution in [2.24, 2.45) is 0 Å². The van der Waals surface area contributed by atoms with E-state index in [4.69, 9.17) is 14.6 Å². The molecule has 1 aliphatic carbocycles. The van der Waals surface area contributed by atoms with E-state index in [0.29, 0.717) is 0 Å². The Morgan fingerprint density at radius 3 is 2.00 bits per heavy atom. The molecule has 10 nitrogen and oxygen atoms in total. The number of rotatable bonds is 7. The molecule has 1 unspecified atom stereocenters. The standard InChI is InChI=1S/C29H35N3O7/c1-29(2,3)39-26(34)24(12-13-25(33)31-14-16-32(17-15-31)28(36)37)30-27(35)38-18-23-21-10-6-4-8-19(21)20-9-5-7-11-22(20)23/h4-11,23-24H,12-18H2,1-3H3,(H,30,35)(H,36,37). The summed E-state index contributed by atoms with van der Waals surface area (Å²) in [5.41, 5.74) is 3.58. The number of fused-ring (bicyclic) bond motifs is 3. The minimum atomic E-state index is -1.08. The number of carbonyl (C=O) groups is 4. The smallest absolute Gasteiger partial charge is 0.407 e. The Morgan fingerprint density at radius 2 is 1.46 bits per heavy atom. The maximum Gasteiger partial charge on any atom is 0.407 e. The van der Waals surface area contributed by atoms with Crippen molar-refractivity contribution in [1.29, 1.82) is 0 Å². The number of benzene rings is 2. The number of nitrogens with zero attached hydrogens (tertiary/aromatic N) is 2. The third-order valence-electron chi connectivity index (χ3n) is 6.88. The van der Waals surface area contributed by atoms with Crippen LogP contribution in [-0.4, -0.2) is 83.4 Å². The Kier molecular flexibility index (Phi) is 8.42. The quantitative estimate of drug-likeness (QED) is 0.514. The molecule has 1 aliphatic heterocycles. The number of hydrogen-bond donors (Lipinski definition) is 2. The third-order valence-corrected chi connectivity index (χ3v) is 6.88. The normalized spacial score (nSPS) is 15.7. The van der Waals surface area contributed by atoms with Gasteiger partial charge in [-0.25, -0.2) is 14.4 Å². The molecule has 2 aromatic carbocycles. The Balaban J connectivity index is 1.37. The first-order chi connectivity index (χ1) is 18.5. The van der Waals surface area contributed by atoms with Gasteiger partial charge < -0.3 is 29.7 Å². The van der Waals surface area contributed by atoms with Gasteiger partial charge in [-0.15, -0.1) is 0 Å². The fraction of sp³-hybridized carbons (Fsp3) is 0.448. The summed E-state index contributed by atoms with van der Waals surface area (Å²) in [6.07, 6.45) is -1.77. The molecule has 0 aromatic heterocycles. The molecular weight excluding hydrogens is 502 g/mol. The van der Waals surface area contributed by atoms with Crippen LogP contribution in [0.1, 0.15) is 50.7 Å². The fourth-order valence-electron chi connectivity index (χ4n) is 4.98. The number of piperazine rings is 1. The number of carboxylic acid groups (broad SMARTS) is 1. The number of nitrogens with one attached hydrogen (secondary N) is 1. The minimum absolute atomic E-state index is 0.0133. The Bertz CT molecular complexity index is 1190. The van der Waals surface area contributed by atoms with Crippen LogP contribution >= 0.6 is 0 Å². The van der Waals surface area contributed by atoms with Crippen molar-refractivity contribution in [2.75, 3.05) is 32.8 Å². The van der Waals surface area contributed by atoms with E-state index in [0.717, 1.165) is 22.3 Å². The van der Waals surface area contributed by atoms with E-state index in [2.05, 4.69) is 5.32 Å². The number of esters is 1. The van der Waals surface area contributed by atoms with Gasteiger partial charge in [-0.1, -0.05) is 48.5 Å². The molecule has 0 spiro atoms. The lowest BCUT2D eigenvalue weighted by molar-refractivity contribution is -0.157. The lowest BCUT2D eigenvalue weighted by Gasteiger charge is -2.33. The monoisotopic (exact) mass is 537 g/mol. The van der Waals surface area contributed by atoms with Crippen molar-refractivity contribution in [3.05, 3.63) is 59.7 Å². The van der Waals surface area contributed by atoms with Gasteiger partial charge in [0.15, 0.2) is 0 Å². The van der Waals surface area contributed by atoms with Crippen LogP contribution in [0.4, 0.5) is 9.59 Å². The van der Waals surface area contributed by atoms with Gasteiger partial charge in [0.05, 0.1) is 0 Å². The molecule has 0 radical (unpaired) electrons. The van der Waals surface area contributed by atoms with Crippen molar-refractivity contribution < 1.29 is 33.8 Å². The first-order valence-corrected chi connectivity index (χ1v) is 13.1. The molecule has 1 atom stereocenters. The summed E-state index contributed by atoms with van der Waals surface area (Å²) in [6, 6.07) is 14.9. The predicted octanol–water partition coefficient (Wildman–Crippen LogP) is 3.84. The van der Waals surface area contributed by atoms with Crippen LogP contribution in [0.25, 0.3) is 11.1 Å². The lowest BCUT2D eigenvalue weighted by atomic mass is 9.98. The highest BCUT2D eigenvalue weighted by Gasteiger charge is 2.32. The Hall–Kier alpha value is -4.08. The summed E-state index contributed by atoms with van der Waals surface area (Å²) < 4.78 is 11.1. The van der Waals surface area contributed by atoms with Crippen LogP contribution in [0.3, 0.4) is 0 Å². The molecule has 2 aromatic rings. The van der Waals surface area contributed by atoms with Crippen molar-refractivity contribution in [3.8, 4) is 11.1 Å². The molecule has 0 bridgehead atoms. The van der Waals surface area contributed by atoms with Crippen molar-refractivity contribution in [1.82, 2.24) is 15.1 Å². The van der Waals surface area contributed by atoms with Gasteiger partial charge in [-0.3, -0.25) is 4.79 Å². The summed E-state index contributed by atoms with van der Waals surface area (Å²) in [7, 11) is 0. The number of amides is 3. The first-order valence-electron chi connectivity index (χ1n) is 13.1. The molecule has 0 saturated carbocycles. The van der Waals surface area contributed by atoms with Crippen molar-refractivity contribution in [3.63, 3.8) is 0 Å². The van der Waals surface area contributed by atoms with E-state index in [1.807, 2.05) is 48.5 Å². The molecule has 208 valence electrons. The Labute approximate surface area is 227 Å². The largest absolute Gasteiger partial charge is 0.465 e. The molecule has 1 heterocycles. The number of ether oxygens (including phenoxy) is 2. The van der Waals surface area contributed by atoms with Crippen molar-refractivity contribution >= 4 is 24.1 Å². The first kappa shape index (κ1) is 27.9. The predicted molar refractivity (Wildman–Crippen MR) is 143 cm³/mol. The molecule has 10 heteroatoms. The minimum Gasteiger partial charge on any atom is -0.465 e. The third kappa shape index (κ3) is 6.87. The zero-order chi connectivity index (χ0) is 28.2. The molecule has 39 heavy (non-hydrogen) atoms. The molecular formula is C29H35N3O7. The average molecular weight is 538 g/mol. The summed E-state index contributed by atoms with van der Waals surface area (Å²) in [6.45, 7) is 6.29. The fourth-order valence-corrected chi connectivity index (χ4v) is 4.98. The van der Waals surface area contributed by atoms with Gasteiger partial charge in [0.2, 0.25) is 5.91 Å². The number of hydrogen-bond acceptors (Lipinski definition) is 6. The van der Waals surface area contributed by atoms with E-state index in [9.17, 15) is 19.2 Å². The molecule has 3 amide bonds. The van der Waals surface area contributed by atoms with Gasteiger partial charge in [-0.2, -0.15) is 0 Å². The molecule has 2 aliphatic rings. The molecule has 1 fully saturated rings. The van der Waals surface area contributed by atoms with Crippen LogP contribution in [0.5, 0.6) is 0 Å². The summed E-state index contributed by atoms with van der Waals surface area (Å²) in [4.78, 5) is 52.5. The average Bonchev–Trinajstić information content (AvgIpc) is 3.22. The second-order valence-electron chi connectivity index (χ2n) is 10.7. The van der Waals surface area contributed by atoms with Gasteiger partial charge >= 0.3 is 18.2 Å². The van der Waals surface area contributed by atoms with Crippen molar-refractivity contribution in [2.45, 2.75) is 51.2 Å². The van der Waals surface area contributed by atoms with Crippen LogP contribution in [0.15, 0.2) is 48.5 Å². The Morgan fingerprint density at radius 1 is 0.923 bits per heavy atom. The van der Waals surface area contributed by atoms with Crippen LogP contribution < -0.4 is 5.32 Å². The zero-order valence-corrected chi connectivity index (χ0v) is 22.5. The lowest BCUT2D eigenvalue weighted by Crippen LogP contribution is -2.50. The van der Waals surface area contributed by atoms with E-state index in [1.165, 1.54) is 4.90 Å². The van der Waals surface area contributed by atoms with E-state index >= 15 is 0 Å². The van der Waals surface area contributed by atoms with Crippen LogP contribution in [0, 0.1) is 0 Å². The zero-order valence-electron chi connectivity index (χ0n) is 22.5. The number of carbonyl (C=O) groups excluding carboxylic acids is 3. The highest BCUT2D eigenvalue weighted by Crippen LogP contribution is 2.44. The second kappa shape index (κ2) is 11.8. The second-order valence-corrected chi connectivity index (χ2v) is 10.7. The summed E-state index contributed by atoms with van der Waals surface area (Å²) in [5, 5.41) is 11.7. The van der Waals surface area contributed by atoms with E-state index in [1.54, 1.807) is 25.7 Å². The molecule has 4 rings (SSSR count). The molecule has 2 N–H and O–H groups in total. The molecule has 1 saturated heterocycles. The maximum atomic E-state index is 12.9. The number of alkyl carbamates (subject to hydrolysis) is 1. The van der Waals surface area contributed by atoms with Crippen LogP contribution in [-0.2, 0) is 19.1 Å². The van der Waals surface area contributed by atoms with Gasteiger partial charge in [-0.05, 0) is 49.4 Å². The summed E-state index contributed by atoms with van der Waals surface area (Å²) >= 11 is 0. The van der Waals surface area contributed by atoms with Gasteiger partial charge in [0.1, 0.15) is 18.2 Å². The highest BCUT2D eigenvalue weighted by atomic mass is 16.6. The topological polar surface area (TPSA) is 125 Å². The van der Waals surface area contributed by atoms with Gasteiger partial charge in [0.25, 0.3) is 0 Å². The van der Waals surface area contributed by atoms with Crippen LogP contribution in [0.2, 0.25) is 0 Å². The van der Waals surface area contributed by atoms with E-state index < -0.39 is 29.8 Å². The summed E-state index contributed by atoms with van der Waals surface area (Å²) in [5.74, 6) is -1.00. The maximum absolute atomic E-state index is 12.9.